The van der Waals surface area contributed by atoms with Crippen molar-refractivity contribution in [3.05, 3.63) is 34.9 Å². The lowest BCUT2D eigenvalue weighted by Crippen LogP contribution is -2.40. The van der Waals surface area contributed by atoms with Gasteiger partial charge in [-0.25, -0.2) is 0 Å². The fourth-order valence-corrected chi connectivity index (χ4v) is 3.08. The summed E-state index contributed by atoms with van der Waals surface area (Å²) in [6.07, 6.45) is 2.77. The summed E-state index contributed by atoms with van der Waals surface area (Å²) in [6, 6.07) is 9.72. The second-order valence-electron chi connectivity index (χ2n) is 7.13. The van der Waals surface area contributed by atoms with Gasteiger partial charge in [0.1, 0.15) is 12.1 Å². The summed E-state index contributed by atoms with van der Waals surface area (Å²) >= 11 is 0. The quantitative estimate of drug-likeness (QED) is 0.561. The highest BCUT2D eigenvalue weighted by molar-refractivity contribution is 6.74. The Balaban J connectivity index is 2.51. The van der Waals surface area contributed by atoms with Gasteiger partial charge in [-0.3, -0.25) is 0 Å². The van der Waals surface area contributed by atoms with Gasteiger partial charge in [0.15, 0.2) is 8.32 Å². The van der Waals surface area contributed by atoms with Crippen molar-refractivity contribution in [2.75, 3.05) is 6.61 Å². The van der Waals surface area contributed by atoms with Gasteiger partial charge in [0.05, 0.1) is 11.1 Å². The van der Waals surface area contributed by atoms with Crippen LogP contribution in [0.4, 0.5) is 0 Å². The molecule has 0 saturated heterocycles. The second kappa shape index (κ2) is 7.58. The molecule has 0 spiro atoms. The smallest absolute Gasteiger partial charge is 0.191 e. The fourth-order valence-electron chi connectivity index (χ4n) is 2.00. The van der Waals surface area contributed by atoms with Crippen molar-refractivity contribution in [1.29, 1.82) is 10.5 Å². The van der Waals surface area contributed by atoms with Gasteiger partial charge in [-0.15, -0.1) is 0 Å². The monoisotopic (exact) mass is 314 g/mol. The zero-order valence-corrected chi connectivity index (χ0v) is 15.4. The van der Waals surface area contributed by atoms with Gasteiger partial charge in [-0.2, -0.15) is 10.5 Å². The van der Waals surface area contributed by atoms with Crippen molar-refractivity contribution in [2.45, 2.75) is 58.2 Å². The Morgan fingerprint density at radius 3 is 2.32 bits per heavy atom. The SMILES string of the molecule is CC(C)(C)[Si](C)(C)OCCCCc1cccc(C#N)c1C#N. The van der Waals surface area contributed by atoms with Gasteiger partial charge in [-0.05, 0) is 49.0 Å². The maximum Gasteiger partial charge on any atom is 0.191 e. The lowest BCUT2D eigenvalue weighted by atomic mass is 9.98. The number of hydrogen-bond acceptors (Lipinski definition) is 3. The van der Waals surface area contributed by atoms with Crippen LogP contribution in [0.15, 0.2) is 18.2 Å². The van der Waals surface area contributed by atoms with Crippen LogP contribution in [0.3, 0.4) is 0 Å². The zero-order chi connectivity index (χ0) is 16.8. The van der Waals surface area contributed by atoms with E-state index >= 15 is 0 Å². The molecule has 0 heterocycles. The fraction of sp³-hybridized carbons (Fsp3) is 0.556. The second-order valence-corrected chi connectivity index (χ2v) is 11.9. The van der Waals surface area contributed by atoms with Gasteiger partial charge in [0.2, 0.25) is 0 Å². The van der Waals surface area contributed by atoms with Crippen LogP contribution in [0.5, 0.6) is 0 Å². The van der Waals surface area contributed by atoms with Crippen molar-refractivity contribution in [3.8, 4) is 12.1 Å². The first-order valence-corrected chi connectivity index (χ1v) is 10.7. The van der Waals surface area contributed by atoms with Crippen molar-refractivity contribution in [3.63, 3.8) is 0 Å². The topological polar surface area (TPSA) is 56.8 Å². The molecule has 0 aliphatic carbocycles. The lowest BCUT2D eigenvalue weighted by Gasteiger charge is -2.36. The van der Waals surface area contributed by atoms with E-state index in [4.69, 9.17) is 9.69 Å². The molecule has 0 saturated carbocycles. The molecule has 3 nitrogen and oxygen atoms in total. The maximum absolute atomic E-state index is 9.21. The van der Waals surface area contributed by atoms with Gasteiger partial charge < -0.3 is 4.43 Å². The molecule has 1 rings (SSSR count). The van der Waals surface area contributed by atoms with Crippen LogP contribution in [0.2, 0.25) is 18.1 Å². The molecule has 1 aromatic carbocycles. The van der Waals surface area contributed by atoms with Gasteiger partial charge >= 0.3 is 0 Å². The number of hydrogen-bond donors (Lipinski definition) is 0. The minimum atomic E-state index is -1.66. The minimum Gasteiger partial charge on any atom is -0.417 e. The molecule has 0 aromatic heterocycles. The number of unbranched alkanes of at least 4 members (excludes halogenated alkanes) is 1. The number of nitrogens with zero attached hydrogens (tertiary/aromatic N) is 2. The van der Waals surface area contributed by atoms with E-state index in [9.17, 15) is 5.26 Å². The Morgan fingerprint density at radius 1 is 1.09 bits per heavy atom. The van der Waals surface area contributed by atoms with E-state index in [1.54, 1.807) is 6.07 Å². The molecule has 118 valence electrons. The summed E-state index contributed by atoms with van der Waals surface area (Å²) in [5.41, 5.74) is 1.96. The van der Waals surface area contributed by atoms with Crippen LogP contribution >= 0.6 is 0 Å². The van der Waals surface area contributed by atoms with E-state index in [2.05, 4.69) is 46.0 Å². The molecule has 1 aromatic rings. The normalized spacial score (nSPS) is 11.8. The molecule has 4 heteroatoms. The van der Waals surface area contributed by atoms with Crippen LogP contribution < -0.4 is 0 Å². The van der Waals surface area contributed by atoms with Gasteiger partial charge in [-0.1, -0.05) is 32.9 Å². The Morgan fingerprint density at radius 2 is 1.77 bits per heavy atom. The molecule has 22 heavy (non-hydrogen) atoms. The molecular weight excluding hydrogens is 288 g/mol. The van der Waals surface area contributed by atoms with E-state index in [1.165, 1.54) is 0 Å². The first kappa shape index (κ1) is 18.4. The minimum absolute atomic E-state index is 0.238. The van der Waals surface area contributed by atoms with E-state index in [0.29, 0.717) is 11.1 Å². The van der Waals surface area contributed by atoms with Crippen LogP contribution in [-0.4, -0.2) is 14.9 Å². The van der Waals surface area contributed by atoms with E-state index in [1.807, 2.05) is 12.1 Å². The predicted molar refractivity (Wildman–Crippen MR) is 92.0 cm³/mol. The average Bonchev–Trinajstić information content (AvgIpc) is 2.45. The molecule has 0 N–H and O–H groups in total. The number of nitriles is 2. The van der Waals surface area contributed by atoms with E-state index in [0.717, 1.165) is 31.4 Å². The highest BCUT2D eigenvalue weighted by atomic mass is 28.4. The molecular formula is C18H26N2OSi. The standard InChI is InChI=1S/C18H26N2OSi/c1-18(2,3)22(4,5)21-12-7-6-9-15-10-8-11-16(13-19)17(15)14-20/h8,10-11H,6-7,9,12H2,1-5H3. The molecule has 0 unspecified atom stereocenters. The first-order valence-electron chi connectivity index (χ1n) is 7.79. The molecule has 0 atom stereocenters. The molecule has 0 fully saturated rings. The highest BCUT2D eigenvalue weighted by Crippen LogP contribution is 2.36. The summed E-state index contributed by atoms with van der Waals surface area (Å²) in [5, 5.41) is 18.5. The molecule has 0 amide bonds. The van der Waals surface area contributed by atoms with Crippen LogP contribution in [-0.2, 0) is 10.8 Å². The lowest BCUT2D eigenvalue weighted by molar-refractivity contribution is 0.279. The summed E-state index contributed by atoms with van der Waals surface area (Å²) in [6.45, 7) is 12.0. The van der Waals surface area contributed by atoms with Crippen LogP contribution in [0.1, 0.15) is 50.3 Å². The number of benzene rings is 1. The third-order valence-electron chi connectivity index (χ3n) is 4.49. The molecule has 0 aliphatic heterocycles. The Hall–Kier alpha value is -1.62. The average molecular weight is 315 g/mol. The van der Waals surface area contributed by atoms with Crippen molar-refractivity contribution in [1.82, 2.24) is 0 Å². The Kier molecular flexibility index (Phi) is 6.35. The van der Waals surface area contributed by atoms with Crippen molar-refractivity contribution >= 4 is 8.32 Å². The third-order valence-corrected chi connectivity index (χ3v) is 9.03. The van der Waals surface area contributed by atoms with Crippen molar-refractivity contribution < 1.29 is 4.43 Å². The van der Waals surface area contributed by atoms with Gasteiger partial charge in [0.25, 0.3) is 0 Å². The van der Waals surface area contributed by atoms with Crippen LogP contribution in [0.25, 0.3) is 0 Å². The molecule has 0 radical (unpaired) electrons. The third kappa shape index (κ3) is 4.70. The summed E-state index contributed by atoms with van der Waals surface area (Å²) in [7, 11) is -1.66. The van der Waals surface area contributed by atoms with E-state index in [-0.39, 0.29) is 5.04 Å². The summed E-state index contributed by atoms with van der Waals surface area (Å²) in [5.74, 6) is 0. The largest absolute Gasteiger partial charge is 0.417 e. The van der Waals surface area contributed by atoms with E-state index < -0.39 is 8.32 Å². The molecule has 0 aliphatic rings. The zero-order valence-electron chi connectivity index (χ0n) is 14.4. The first-order chi connectivity index (χ1) is 10.2. The van der Waals surface area contributed by atoms with Crippen LogP contribution in [0, 0.1) is 22.7 Å². The summed E-state index contributed by atoms with van der Waals surface area (Å²) in [4.78, 5) is 0. The summed E-state index contributed by atoms with van der Waals surface area (Å²) < 4.78 is 6.15. The van der Waals surface area contributed by atoms with Gasteiger partial charge in [0, 0.05) is 6.61 Å². The highest BCUT2D eigenvalue weighted by Gasteiger charge is 2.36. The number of rotatable bonds is 6. The Bertz CT molecular complexity index is 589. The maximum atomic E-state index is 9.21. The molecule has 0 bridgehead atoms. The Labute approximate surface area is 135 Å². The number of aryl methyl sites for hydroxylation is 1. The predicted octanol–water partition coefficient (Wildman–Crippen LogP) is 4.77. The van der Waals surface area contributed by atoms with Crippen molar-refractivity contribution in [2.24, 2.45) is 0 Å².